The minimum Gasteiger partial charge on any atom is -0.482 e. The fourth-order valence-electron chi connectivity index (χ4n) is 3.33. The van der Waals surface area contributed by atoms with E-state index in [1.807, 2.05) is 67.6 Å². The summed E-state index contributed by atoms with van der Waals surface area (Å²) in [6, 6.07) is 20.7. The minimum atomic E-state index is -1.18. The Morgan fingerprint density at radius 2 is 1.58 bits per heavy atom. The molecule has 0 aliphatic rings. The third kappa shape index (κ3) is 6.06. The van der Waals surface area contributed by atoms with Crippen LogP contribution in [0.2, 0.25) is 0 Å². The Bertz CT molecular complexity index is 1040. The molecule has 6 heteroatoms. The first kappa shape index (κ1) is 22.3. The van der Waals surface area contributed by atoms with Crippen molar-refractivity contribution >= 4 is 5.97 Å². The van der Waals surface area contributed by atoms with Crippen molar-refractivity contribution in [2.75, 3.05) is 6.61 Å². The predicted octanol–water partition coefficient (Wildman–Crippen LogP) is 4.29. The molecule has 0 aliphatic heterocycles. The Balaban J connectivity index is 1.81. The lowest BCUT2D eigenvalue weighted by Crippen LogP contribution is -2.29. The normalized spacial score (nSPS) is 10.7. The van der Waals surface area contributed by atoms with Crippen molar-refractivity contribution < 1.29 is 19.4 Å². The van der Waals surface area contributed by atoms with Gasteiger partial charge in [0.1, 0.15) is 12.2 Å². The molecule has 2 aromatic carbocycles. The molecule has 0 aliphatic carbocycles. The van der Waals surface area contributed by atoms with E-state index in [1.54, 1.807) is 10.6 Å². The minimum absolute atomic E-state index is 0.106. The van der Waals surface area contributed by atoms with E-state index in [1.165, 1.54) is 0 Å². The van der Waals surface area contributed by atoms with Gasteiger partial charge in [-0.25, -0.2) is 4.79 Å². The summed E-state index contributed by atoms with van der Waals surface area (Å²) < 4.78 is 13.0. The highest BCUT2D eigenvalue weighted by molar-refractivity contribution is 5.90. The molecule has 0 bridgehead atoms. The standard InChI is InChI=1S/C25H27NO5/c1-2-9-21-16-22(25(28)29)23(31-18-20-12-7-4-8-13-20)24(27)26(21)14-15-30-17-19-10-5-3-6-11-19/h3-8,10-13,16H,2,9,14-15,17-18H2,1H3,(H,28,29). The molecule has 1 aromatic heterocycles. The molecule has 162 valence electrons. The van der Waals surface area contributed by atoms with Gasteiger partial charge in [-0.3, -0.25) is 4.79 Å². The van der Waals surface area contributed by atoms with E-state index in [2.05, 4.69) is 0 Å². The van der Waals surface area contributed by atoms with E-state index < -0.39 is 11.5 Å². The summed E-state index contributed by atoms with van der Waals surface area (Å²) in [5.74, 6) is -1.32. The van der Waals surface area contributed by atoms with Crippen molar-refractivity contribution in [1.29, 1.82) is 0 Å². The van der Waals surface area contributed by atoms with Gasteiger partial charge in [0.2, 0.25) is 0 Å². The van der Waals surface area contributed by atoms with E-state index >= 15 is 0 Å². The molecule has 0 atom stereocenters. The number of aromatic carboxylic acids is 1. The average Bonchev–Trinajstić information content (AvgIpc) is 2.78. The van der Waals surface area contributed by atoms with Crippen molar-refractivity contribution in [3.8, 4) is 5.75 Å². The second kappa shape index (κ2) is 11.1. The second-order valence-electron chi connectivity index (χ2n) is 7.20. The smallest absolute Gasteiger partial charge is 0.339 e. The van der Waals surface area contributed by atoms with Crippen LogP contribution >= 0.6 is 0 Å². The van der Waals surface area contributed by atoms with Gasteiger partial charge in [-0.1, -0.05) is 74.0 Å². The number of carboxylic acids is 1. The number of pyridine rings is 1. The van der Waals surface area contributed by atoms with Crippen LogP contribution in [0.3, 0.4) is 0 Å². The lowest BCUT2D eigenvalue weighted by molar-refractivity contribution is 0.0690. The Morgan fingerprint density at radius 1 is 0.968 bits per heavy atom. The van der Waals surface area contributed by atoms with Crippen LogP contribution in [-0.4, -0.2) is 22.2 Å². The van der Waals surface area contributed by atoms with Crippen LogP contribution < -0.4 is 10.3 Å². The van der Waals surface area contributed by atoms with Gasteiger partial charge in [0.25, 0.3) is 5.56 Å². The Morgan fingerprint density at radius 3 is 2.16 bits per heavy atom. The van der Waals surface area contributed by atoms with Crippen LogP contribution in [0, 0.1) is 0 Å². The summed E-state index contributed by atoms with van der Waals surface area (Å²) in [6.45, 7) is 3.21. The molecule has 0 amide bonds. The molecule has 3 aromatic rings. The van der Waals surface area contributed by atoms with Crippen molar-refractivity contribution in [3.05, 3.63) is 99.5 Å². The zero-order chi connectivity index (χ0) is 22.1. The van der Waals surface area contributed by atoms with E-state index in [4.69, 9.17) is 9.47 Å². The predicted molar refractivity (Wildman–Crippen MR) is 119 cm³/mol. The summed E-state index contributed by atoms with van der Waals surface area (Å²) in [6.07, 6.45) is 1.38. The fourth-order valence-corrected chi connectivity index (χ4v) is 3.33. The molecule has 0 saturated heterocycles. The van der Waals surface area contributed by atoms with Gasteiger partial charge in [-0.2, -0.15) is 0 Å². The van der Waals surface area contributed by atoms with Crippen molar-refractivity contribution in [1.82, 2.24) is 4.57 Å². The topological polar surface area (TPSA) is 77.8 Å². The maximum Gasteiger partial charge on any atom is 0.339 e. The van der Waals surface area contributed by atoms with Crippen LogP contribution in [0.25, 0.3) is 0 Å². The maximum absolute atomic E-state index is 13.2. The molecule has 1 N–H and O–H groups in total. The largest absolute Gasteiger partial charge is 0.482 e. The van der Waals surface area contributed by atoms with Crippen LogP contribution in [0.5, 0.6) is 5.75 Å². The quantitative estimate of drug-likeness (QED) is 0.467. The number of rotatable bonds is 11. The van der Waals surface area contributed by atoms with Crippen LogP contribution in [0.4, 0.5) is 0 Å². The summed E-state index contributed by atoms with van der Waals surface area (Å²) in [7, 11) is 0. The molecular weight excluding hydrogens is 394 g/mol. The number of ether oxygens (including phenoxy) is 2. The van der Waals surface area contributed by atoms with Gasteiger partial charge in [0, 0.05) is 12.2 Å². The van der Waals surface area contributed by atoms with Crippen LogP contribution in [0.1, 0.15) is 40.5 Å². The zero-order valence-corrected chi connectivity index (χ0v) is 17.6. The molecule has 6 nitrogen and oxygen atoms in total. The SMILES string of the molecule is CCCc1cc(C(=O)O)c(OCc2ccccc2)c(=O)n1CCOCc1ccccc1. The maximum atomic E-state index is 13.2. The van der Waals surface area contributed by atoms with E-state index in [0.717, 1.165) is 17.5 Å². The summed E-state index contributed by atoms with van der Waals surface area (Å²) in [5.41, 5.74) is 2.03. The van der Waals surface area contributed by atoms with Gasteiger partial charge in [-0.05, 0) is 23.6 Å². The van der Waals surface area contributed by atoms with Gasteiger partial charge >= 0.3 is 5.97 Å². The van der Waals surface area contributed by atoms with Gasteiger partial charge in [-0.15, -0.1) is 0 Å². The number of nitrogens with zero attached hydrogens (tertiary/aromatic N) is 1. The molecule has 1 heterocycles. The van der Waals surface area contributed by atoms with E-state index in [9.17, 15) is 14.7 Å². The highest BCUT2D eigenvalue weighted by Gasteiger charge is 2.20. The first-order valence-electron chi connectivity index (χ1n) is 10.4. The number of carbonyl (C=O) groups is 1. The Hall–Kier alpha value is -3.38. The first-order chi connectivity index (χ1) is 15.1. The summed E-state index contributed by atoms with van der Waals surface area (Å²) in [4.78, 5) is 25.0. The molecule has 31 heavy (non-hydrogen) atoms. The Labute approximate surface area is 181 Å². The van der Waals surface area contributed by atoms with Crippen molar-refractivity contribution in [3.63, 3.8) is 0 Å². The number of hydrogen-bond donors (Lipinski definition) is 1. The lowest BCUT2D eigenvalue weighted by Gasteiger charge is -2.17. The number of benzene rings is 2. The van der Waals surface area contributed by atoms with Gasteiger partial charge < -0.3 is 19.1 Å². The highest BCUT2D eigenvalue weighted by Crippen LogP contribution is 2.19. The average molecular weight is 421 g/mol. The number of carboxylic acid groups (broad SMARTS) is 1. The molecule has 0 saturated carbocycles. The summed E-state index contributed by atoms with van der Waals surface area (Å²) in [5, 5.41) is 9.66. The summed E-state index contributed by atoms with van der Waals surface area (Å²) >= 11 is 0. The highest BCUT2D eigenvalue weighted by atomic mass is 16.5. The molecular formula is C25H27NO5. The van der Waals surface area contributed by atoms with Gasteiger partial charge in [0.15, 0.2) is 5.75 Å². The van der Waals surface area contributed by atoms with E-state index in [-0.39, 0.29) is 17.9 Å². The number of aromatic nitrogens is 1. The molecule has 3 rings (SSSR count). The van der Waals surface area contributed by atoms with Crippen LogP contribution in [-0.2, 0) is 30.9 Å². The van der Waals surface area contributed by atoms with E-state index in [0.29, 0.717) is 31.9 Å². The Kier molecular flexibility index (Phi) is 8.01. The molecule has 0 radical (unpaired) electrons. The fraction of sp³-hybridized carbons (Fsp3) is 0.280. The van der Waals surface area contributed by atoms with Crippen molar-refractivity contribution in [2.24, 2.45) is 0 Å². The van der Waals surface area contributed by atoms with Gasteiger partial charge in [0.05, 0.1) is 13.2 Å². The first-order valence-corrected chi connectivity index (χ1v) is 10.4. The third-order valence-electron chi connectivity index (χ3n) is 4.87. The van der Waals surface area contributed by atoms with Crippen LogP contribution in [0.15, 0.2) is 71.5 Å². The number of aryl methyl sites for hydroxylation is 1. The third-order valence-corrected chi connectivity index (χ3v) is 4.87. The molecule has 0 spiro atoms. The lowest BCUT2D eigenvalue weighted by atomic mass is 10.1. The molecule has 0 fully saturated rings. The zero-order valence-electron chi connectivity index (χ0n) is 17.6. The second-order valence-corrected chi connectivity index (χ2v) is 7.20. The van der Waals surface area contributed by atoms with Crippen molar-refractivity contribution in [2.45, 2.75) is 39.5 Å². The molecule has 0 unspecified atom stereocenters. The number of hydrogen-bond acceptors (Lipinski definition) is 4. The monoisotopic (exact) mass is 421 g/mol.